The van der Waals surface area contributed by atoms with Gasteiger partial charge in [0.1, 0.15) is 17.7 Å². The third-order valence-corrected chi connectivity index (χ3v) is 6.93. The van der Waals surface area contributed by atoms with Crippen LogP contribution in [0, 0.1) is 0 Å². The number of aliphatic hydroxyl groups excluding tert-OH is 1. The summed E-state index contributed by atoms with van der Waals surface area (Å²) in [4.78, 5) is 41.5. The van der Waals surface area contributed by atoms with Crippen molar-refractivity contribution in [2.45, 2.75) is 88.7 Å². The number of hydrogen-bond acceptors (Lipinski definition) is 5. The summed E-state index contributed by atoms with van der Waals surface area (Å²) < 4.78 is 5.36. The SMILES string of the molecule is CC(C)(C)OC(=O)N[C@H]1CC[C@@H](O)C[C@H]2CC[C@@H](C(=O)NC(c3ccccc3)c3ccccc3)N2C1=O. The summed E-state index contributed by atoms with van der Waals surface area (Å²) in [6.45, 7) is 5.26. The molecular formula is C29H37N3O5. The molecule has 0 unspecified atom stereocenters. The molecule has 2 aromatic rings. The van der Waals surface area contributed by atoms with E-state index in [4.69, 9.17) is 4.74 Å². The summed E-state index contributed by atoms with van der Waals surface area (Å²) >= 11 is 0. The minimum absolute atomic E-state index is 0.250. The minimum Gasteiger partial charge on any atom is -0.444 e. The Morgan fingerprint density at radius 1 is 0.946 bits per heavy atom. The summed E-state index contributed by atoms with van der Waals surface area (Å²) in [5.41, 5.74) is 1.17. The van der Waals surface area contributed by atoms with Crippen molar-refractivity contribution in [1.82, 2.24) is 15.5 Å². The van der Waals surface area contributed by atoms with Crippen LogP contribution in [0.2, 0.25) is 0 Å². The molecule has 2 aliphatic heterocycles. The second-order valence-corrected chi connectivity index (χ2v) is 10.9. The number of alkyl carbamates (subject to hydrolysis) is 1. The maximum Gasteiger partial charge on any atom is 0.408 e. The predicted octanol–water partition coefficient (Wildman–Crippen LogP) is 3.69. The molecule has 2 saturated heterocycles. The van der Waals surface area contributed by atoms with Gasteiger partial charge in [0, 0.05) is 6.04 Å². The van der Waals surface area contributed by atoms with Gasteiger partial charge in [-0.3, -0.25) is 9.59 Å². The van der Waals surface area contributed by atoms with E-state index in [-0.39, 0.29) is 30.3 Å². The van der Waals surface area contributed by atoms with Gasteiger partial charge in [-0.15, -0.1) is 0 Å². The highest BCUT2D eigenvalue weighted by Crippen LogP contribution is 2.32. The van der Waals surface area contributed by atoms with Crippen molar-refractivity contribution in [1.29, 1.82) is 0 Å². The van der Waals surface area contributed by atoms with Gasteiger partial charge in [-0.1, -0.05) is 60.7 Å². The molecule has 0 saturated carbocycles. The number of carbonyl (C=O) groups excluding carboxylic acids is 3. The van der Waals surface area contributed by atoms with E-state index in [0.29, 0.717) is 25.7 Å². The van der Waals surface area contributed by atoms with E-state index < -0.39 is 29.9 Å². The van der Waals surface area contributed by atoms with E-state index in [0.717, 1.165) is 11.1 Å². The molecule has 0 aliphatic carbocycles. The van der Waals surface area contributed by atoms with Crippen molar-refractivity contribution in [2.24, 2.45) is 0 Å². The van der Waals surface area contributed by atoms with E-state index in [1.54, 1.807) is 25.7 Å². The molecule has 3 amide bonds. The fourth-order valence-corrected chi connectivity index (χ4v) is 5.27. The molecule has 8 nitrogen and oxygen atoms in total. The van der Waals surface area contributed by atoms with Gasteiger partial charge in [-0.2, -0.15) is 0 Å². The lowest BCUT2D eigenvalue weighted by molar-refractivity contribution is -0.144. The molecule has 3 N–H and O–H groups in total. The van der Waals surface area contributed by atoms with Crippen LogP contribution in [0.5, 0.6) is 0 Å². The van der Waals surface area contributed by atoms with Crippen molar-refractivity contribution >= 4 is 17.9 Å². The maximum absolute atomic E-state index is 13.7. The number of aliphatic hydroxyl groups is 1. The highest BCUT2D eigenvalue weighted by Gasteiger charge is 2.45. The minimum atomic E-state index is -0.875. The Morgan fingerprint density at radius 2 is 1.54 bits per heavy atom. The number of rotatable bonds is 5. The number of hydrogen-bond donors (Lipinski definition) is 3. The first-order valence-electron chi connectivity index (χ1n) is 13.0. The third-order valence-electron chi connectivity index (χ3n) is 6.93. The van der Waals surface area contributed by atoms with Crippen molar-refractivity contribution in [3.63, 3.8) is 0 Å². The van der Waals surface area contributed by atoms with Crippen LogP contribution in [-0.4, -0.2) is 57.7 Å². The zero-order chi connectivity index (χ0) is 26.6. The highest BCUT2D eigenvalue weighted by atomic mass is 16.6. The normalized spacial score (nSPS) is 24.1. The van der Waals surface area contributed by atoms with E-state index in [1.165, 1.54) is 0 Å². The molecule has 2 aromatic carbocycles. The molecule has 4 rings (SSSR count). The number of nitrogens with one attached hydrogen (secondary N) is 2. The molecule has 198 valence electrons. The molecular weight excluding hydrogens is 470 g/mol. The molecule has 2 aliphatic rings. The molecule has 2 heterocycles. The lowest BCUT2D eigenvalue weighted by Crippen LogP contribution is -2.57. The topological polar surface area (TPSA) is 108 Å². The largest absolute Gasteiger partial charge is 0.444 e. The van der Waals surface area contributed by atoms with Crippen LogP contribution in [-0.2, 0) is 14.3 Å². The van der Waals surface area contributed by atoms with Crippen molar-refractivity contribution in [3.05, 3.63) is 71.8 Å². The van der Waals surface area contributed by atoms with E-state index in [1.807, 2.05) is 60.7 Å². The Morgan fingerprint density at radius 3 is 2.11 bits per heavy atom. The Labute approximate surface area is 218 Å². The number of amides is 3. The Bertz CT molecular complexity index is 1050. The van der Waals surface area contributed by atoms with Crippen LogP contribution in [0.1, 0.15) is 70.0 Å². The maximum atomic E-state index is 13.7. The Kier molecular flexibility index (Phi) is 8.17. The quantitative estimate of drug-likeness (QED) is 0.572. The molecule has 37 heavy (non-hydrogen) atoms. The lowest BCUT2D eigenvalue weighted by atomic mass is 9.96. The average Bonchev–Trinajstić information content (AvgIpc) is 3.27. The van der Waals surface area contributed by atoms with Crippen molar-refractivity contribution in [2.75, 3.05) is 0 Å². The summed E-state index contributed by atoms with van der Waals surface area (Å²) in [6.07, 6.45) is 0.865. The Balaban J connectivity index is 1.56. The van der Waals surface area contributed by atoms with Crippen LogP contribution in [0.25, 0.3) is 0 Å². The summed E-state index contributed by atoms with van der Waals surface area (Å²) in [5.74, 6) is -0.559. The molecule has 0 bridgehead atoms. The smallest absolute Gasteiger partial charge is 0.408 e. The number of nitrogens with zero attached hydrogens (tertiary/aromatic N) is 1. The third kappa shape index (κ3) is 6.68. The first-order chi connectivity index (χ1) is 17.6. The van der Waals surface area contributed by atoms with Crippen LogP contribution in [0.15, 0.2) is 60.7 Å². The molecule has 0 spiro atoms. The van der Waals surface area contributed by atoms with Crippen molar-refractivity contribution in [3.8, 4) is 0 Å². The van der Waals surface area contributed by atoms with Crippen LogP contribution in [0.3, 0.4) is 0 Å². The van der Waals surface area contributed by atoms with Gasteiger partial charge >= 0.3 is 6.09 Å². The van der Waals surface area contributed by atoms with Gasteiger partial charge in [0.2, 0.25) is 11.8 Å². The Hall–Kier alpha value is -3.39. The predicted molar refractivity (Wildman–Crippen MR) is 140 cm³/mol. The van der Waals surface area contributed by atoms with Gasteiger partial charge < -0.3 is 25.4 Å². The number of fused-ring (bicyclic) bond motifs is 1. The second kappa shape index (κ2) is 11.3. The van der Waals surface area contributed by atoms with Gasteiger partial charge in [0.25, 0.3) is 0 Å². The number of benzene rings is 2. The van der Waals surface area contributed by atoms with E-state index in [9.17, 15) is 19.5 Å². The monoisotopic (exact) mass is 507 g/mol. The summed E-state index contributed by atoms with van der Waals surface area (Å²) in [5, 5.41) is 16.4. The van der Waals surface area contributed by atoms with E-state index in [2.05, 4.69) is 10.6 Å². The summed E-state index contributed by atoms with van der Waals surface area (Å²) in [7, 11) is 0. The second-order valence-electron chi connectivity index (χ2n) is 10.9. The van der Waals surface area contributed by atoms with Crippen LogP contribution >= 0.6 is 0 Å². The van der Waals surface area contributed by atoms with E-state index >= 15 is 0 Å². The number of carbonyl (C=O) groups is 3. The summed E-state index contributed by atoms with van der Waals surface area (Å²) in [6, 6.07) is 17.2. The highest BCUT2D eigenvalue weighted by molar-refractivity contribution is 5.92. The van der Waals surface area contributed by atoms with Gasteiger partial charge in [-0.05, 0) is 64.0 Å². The zero-order valence-corrected chi connectivity index (χ0v) is 21.7. The fourth-order valence-electron chi connectivity index (χ4n) is 5.27. The standard InChI is InChI=1S/C29H37N3O5/c1-29(2,3)37-28(36)30-23-16-15-22(33)18-21-14-17-24(32(21)27(23)35)26(34)31-25(19-10-6-4-7-11-19)20-12-8-5-9-13-20/h4-13,21-25,33H,14-18H2,1-3H3,(H,30,36)(H,31,34)/t21-,22-,23+,24+/m1/s1. The van der Waals surface area contributed by atoms with Crippen molar-refractivity contribution < 1.29 is 24.2 Å². The zero-order valence-electron chi connectivity index (χ0n) is 21.7. The van der Waals surface area contributed by atoms with Crippen LogP contribution < -0.4 is 10.6 Å². The number of ether oxygens (including phenoxy) is 1. The first-order valence-corrected chi connectivity index (χ1v) is 13.0. The fraction of sp³-hybridized carbons (Fsp3) is 0.483. The van der Waals surface area contributed by atoms with Crippen LogP contribution in [0.4, 0.5) is 4.79 Å². The van der Waals surface area contributed by atoms with Gasteiger partial charge in [-0.25, -0.2) is 4.79 Å². The molecule has 8 heteroatoms. The molecule has 0 aromatic heterocycles. The molecule has 2 fully saturated rings. The lowest BCUT2D eigenvalue weighted by Gasteiger charge is -2.37. The first kappa shape index (κ1) is 26.7. The van der Waals surface area contributed by atoms with Gasteiger partial charge in [0.15, 0.2) is 0 Å². The average molecular weight is 508 g/mol. The molecule has 0 radical (unpaired) electrons. The molecule has 4 atom stereocenters. The van der Waals surface area contributed by atoms with Gasteiger partial charge in [0.05, 0.1) is 12.1 Å².